The summed E-state index contributed by atoms with van der Waals surface area (Å²) < 4.78 is 39.8. The van der Waals surface area contributed by atoms with Crippen LogP contribution in [0.4, 0.5) is 13.2 Å². The van der Waals surface area contributed by atoms with E-state index in [9.17, 15) is 18.0 Å². The van der Waals surface area contributed by atoms with Gasteiger partial charge in [-0.3, -0.25) is 9.69 Å². The lowest BCUT2D eigenvalue weighted by Gasteiger charge is -2.34. The van der Waals surface area contributed by atoms with Gasteiger partial charge in [-0.1, -0.05) is 29.8 Å². The SMILES string of the molecule is O=C(Cc1ccccc1Cl)N1CCN(Cc2nnnn2-c2ccc(C(F)(F)F)cc2)CC1. The maximum absolute atomic E-state index is 12.8. The van der Waals surface area contributed by atoms with Crippen molar-refractivity contribution in [2.24, 2.45) is 0 Å². The molecule has 32 heavy (non-hydrogen) atoms. The average Bonchev–Trinajstić information content (AvgIpc) is 3.23. The number of hydrogen-bond acceptors (Lipinski definition) is 5. The smallest absolute Gasteiger partial charge is 0.340 e. The molecular formula is C21H20ClF3N6O. The maximum atomic E-state index is 12.8. The number of halogens is 4. The van der Waals surface area contributed by atoms with Crippen molar-refractivity contribution in [3.05, 3.63) is 70.5 Å². The quantitative estimate of drug-likeness (QED) is 0.580. The summed E-state index contributed by atoms with van der Waals surface area (Å²) in [5.41, 5.74) is 0.525. The normalized spacial score (nSPS) is 15.2. The number of benzene rings is 2. The van der Waals surface area contributed by atoms with Crippen molar-refractivity contribution in [3.8, 4) is 5.69 Å². The number of carbonyl (C=O) groups is 1. The number of carbonyl (C=O) groups excluding carboxylic acids is 1. The Morgan fingerprint density at radius 2 is 1.69 bits per heavy atom. The monoisotopic (exact) mass is 464 g/mol. The van der Waals surface area contributed by atoms with E-state index in [0.29, 0.717) is 49.3 Å². The minimum Gasteiger partial charge on any atom is -0.340 e. The van der Waals surface area contributed by atoms with Crippen molar-refractivity contribution in [3.63, 3.8) is 0 Å². The summed E-state index contributed by atoms with van der Waals surface area (Å²) in [6.07, 6.45) is -4.14. The predicted octanol–water partition coefficient (Wildman–Crippen LogP) is 3.22. The first-order valence-corrected chi connectivity index (χ1v) is 10.4. The largest absolute Gasteiger partial charge is 0.416 e. The molecule has 1 aliphatic heterocycles. The van der Waals surface area contributed by atoms with Crippen molar-refractivity contribution in [1.82, 2.24) is 30.0 Å². The molecule has 0 aliphatic carbocycles. The Kier molecular flexibility index (Phi) is 6.43. The molecule has 0 bridgehead atoms. The van der Waals surface area contributed by atoms with E-state index < -0.39 is 11.7 Å². The molecule has 1 fully saturated rings. The second-order valence-corrected chi connectivity index (χ2v) is 7.88. The molecule has 1 amide bonds. The Balaban J connectivity index is 1.35. The summed E-state index contributed by atoms with van der Waals surface area (Å²) in [5, 5.41) is 12.2. The Morgan fingerprint density at radius 3 is 2.34 bits per heavy atom. The highest BCUT2D eigenvalue weighted by atomic mass is 35.5. The van der Waals surface area contributed by atoms with Crippen LogP contribution in [0.15, 0.2) is 48.5 Å². The molecule has 0 atom stereocenters. The van der Waals surface area contributed by atoms with Crippen LogP contribution in [0.3, 0.4) is 0 Å². The number of alkyl halides is 3. The number of tetrazole rings is 1. The third-order valence-corrected chi connectivity index (χ3v) is 5.73. The third kappa shape index (κ3) is 5.08. The number of piperazine rings is 1. The van der Waals surface area contributed by atoms with Gasteiger partial charge in [-0.25, -0.2) is 0 Å². The second-order valence-electron chi connectivity index (χ2n) is 7.48. The molecule has 168 valence electrons. The van der Waals surface area contributed by atoms with E-state index in [4.69, 9.17) is 11.6 Å². The van der Waals surface area contributed by atoms with Crippen molar-refractivity contribution in [1.29, 1.82) is 0 Å². The first-order valence-electron chi connectivity index (χ1n) is 9.99. The van der Waals surface area contributed by atoms with Crippen LogP contribution in [0.1, 0.15) is 17.0 Å². The molecule has 4 rings (SSSR count). The van der Waals surface area contributed by atoms with E-state index in [1.54, 1.807) is 11.0 Å². The lowest BCUT2D eigenvalue weighted by Crippen LogP contribution is -2.49. The summed E-state index contributed by atoms with van der Waals surface area (Å²) in [4.78, 5) is 16.5. The van der Waals surface area contributed by atoms with Gasteiger partial charge >= 0.3 is 6.18 Å². The van der Waals surface area contributed by atoms with Crippen molar-refractivity contribution in [2.45, 2.75) is 19.1 Å². The molecule has 1 aliphatic rings. The molecule has 1 saturated heterocycles. The summed E-state index contributed by atoms with van der Waals surface area (Å²) in [6, 6.07) is 12.0. The summed E-state index contributed by atoms with van der Waals surface area (Å²) in [6.45, 7) is 2.80. The van der Waals surface area contributed by atoms with Crippen molar-refractivity contribution in [2.75, 3.05) is 26.2 Å². The van der Waals surface area contributed by atoms with E-state index in [0.717, 1.165) is 17.7 Å². The van der Waals surface area contributed by atoms with E-state index in [1.165, 1.54) is 16.8 Å². The minimum atomic E-state index is -4.40. The molecule has 0 radical (unpaired) electrons. The van der Waals surface area contributed by atoms with Crippen LogP contribution >= 0.6 is 11.6 Å². The van der Waals surface area contributed by atoms with Gasteiger partial charge in [-0.2, -0.15) is 17.9 Å². The molecule has 2 aromatic carbocycles. The Hall–Kier alpha value is -2.98. The molecule has 11 heteroatoms. The minimum absolute atomic E-state index is 0.0207. The number of rotatable bonds is 5. The van der Waals surface area contributed by atoms with E-state index in [1.807, 2.05) is 18.2 Å². The molecule has 0 N–H and O–H groups in total. The fourth-order valence-electron chi connectivity index (χ4n) is 3.57. The summed E-state index contributed by atoms with van der Waals surface area (Å²) >= 11 is 6.15. The molecular weight excluding hydrogens is 445 g/mol. The maximum Gasteiger partial charge on any atom is 0.416 e. The van der Waals surface area contributed by atoms with Gasteiger partial charge in [0, 0.05) is 31.2 Å². The number of hydrogen-bond donors (Lipinski definition) is 0. The zero-order valence-electron chi connectivity index (χ0n) is 17.0. The lowest BCUT2D eigenvalue weighted by atomic mass is 10.1. The molecule has 0 saturated carbocycles. The standard InChI is InChI=1S/C21H20ClF3N6O/c22-18-4-2-1-3-15(18)13-20(32)30-11-9-29(10-12-30)14-19-26-27-28-31(19)17-7-5-16(6-8-17)21(23,24)25/h1-8H,9-14H2. The van der Waals surface area contributed by atoms with Crippen LogP contribution in [0.25, 0.3) is 5.69 Å². The highest BCUT2D eigenvalue weighted by Crippen LogP contribution is 2.29. The summed E-state index contributed by atoms with van der Waals surface area (Å²) in [5.74, 6) is 0.535. The van der Waals surface area contributed by atoms with Gasteiger partial charge < -0.3 is 4.90 Å². The second kappa shape index (κ2) is 9.25. The Morgan fingerprint density at radius 1 is 1.00 bits per heavy atom. The fraction of sp³-hybridized carbons (Fsp3) is 0.333. The number of nitrogens with zero attached hydrogens (tertiary/aromatic N) is 6. The molecule has 7 nitrogen and oxygen atoms in total. The lowest BCUT2D eigenvalue weighted by molar-refractivity contribution is -0.137. The first kappa shape index (κ1) is 22.2. The van der Waals surface area contributed by atoms with E-state index >= 15 is 0 Å². The number of aromatic nitrogens is 4. The zero-order valence-corrected chi connectivity index (χ0v) is 17.7. The molecule has 0 unspecified atom stereocenters. The van der Waals surface area contributed by atoms with Gasteiger partial charge in [0.1, 0.15) is 0 Å². The molecule has 1 aromatic heterocycles. The average molecular weight is 465 g/mol. The van der Waals surface area contributed by atoms with Gasteiger partial charge in [0.15, 0.2) is 5.82 Å². The first-order chi connectivity index (χ1) is 15.3. The predicted molar refractivity (Wildman–Crippen MR) is 111 cm³/mol. The van der Waals surface area contributed by atoms with Crippen LogP contribution in [-0.4, -0.2) is 62.1 Å². The third-order valence-electron chi connectivity index (χ3n) is 5.36. The molecule has 3 aromatic rings. The number of amides is 1. The topological polar surface area (TPSA) is 67.2 Å². The fourth-order valence-corrected chi connectivity index (χ4v) is 3.77. The van der Waals surface area contributed by atoms with Crippen molar-refractivity contribution >= 4 is 17.5 Å². The van der Waals surface area contributed by atoms with Gasteiger partial charge in [0.25, 0.3) is 0 Å². The zero-order chi connectivity index (χ0) is 22.7. The van der Waals surface area contributed by atoms with Crippen LogP contribution in [0, 0.1) is 0 Å². The van der Waals surface area contributed by atoms with E-state index in [2.05, 4.69) is 20.4 Å². The van der Waals surface area contributed by atoms with Crippen LogP contribution in [-0.2, 0) is 23.9 Å². The molecule has 0 spiro atoms. The molecule has 2 heterocycles. The van der Waals surface area contributed by atoms with Gasteiger partial charge in [-0.05, 0) is 46.3 Å². The van der Waals surface area contributed by atoms with E-state index in [-0.39, 0.29) is 12.3 Å². The van der Waals surface area contributed by atoms with Gasteiger partial charge in [0.2, 0.25) is 5.91 Å². The van der Waals surface area contributed by atoms with Gasteiger partial charge in [-0.15, -0.1) is 5.10 Å². The van der Waals surface area contributed by atoms with Crippen LogP contribution < -0.4 is 0 Å². The Bertz CT molecular complexity index is 1080. The van der Waals surface area contributed by atoms with Crippen LogP contribution in [0.5, 0.6) is 0 Å². The van der Waals surface area contributed by atoms with Gasteiger partial charge in [0.05, 0.1) is 24.2 Å². The van der Waals surface area contributed by atoms with Crippen LogP contribution in [0.2, 0.25) is 5.02 Å². The highest BCUT2D eigenvalue weighted by molar-refractivity contribution is 6.31. The summed E-state index contributed by atoms with van der Waals surface area (Å²) in [7, 11) is 0. The highest BCUT2D eigenvalue weighted by Gasteiger charge is 2.30. The Labute approximate surface area is 187 Å². The van der Waals surface area contributed by atoms with Crippen molar-refractivity contribution < 1.29 is 18.0 Å².